The number of esters is 1. The number of hydrogen-bond donors (Lipinski definition) is 1. The predicted molar refractivity (Wildman–Crippen MR) is 110 cm³/mol. The molecule has 142 valence electrons. The Morgan fingerprint density at radius 1 is 1.15 bits per heavy atom. The molecule has 0 aliphatic rings. The van der Waals surface area contributed by atoms with Crippen molar-refractivity contribution in [2.75, 3.05) is 11.9 Å². The van der Waals surface area contributed by atoms with Gasteiger partial charge in [-0.2, -0.15) is 0 Å². The molecule has 0 aliphatic carbocycles. The fourth-order valence-corrected chi connectivity index (χ4v) is 2.79. The number of rotatable bonds is 6. The van der Waals surface area contributed by atoms with Crippen LogP contribution in [0.2, 0.25) is 10.0 Å². The number of carbonyl (C=O) groups excluding carboxylic acids is 2. The summed E-state index contributed by atoms with van der Waals surface area (Å²) in [4.78, 5) is 24.0. The van der Waals surface area contributed by atoms with Gasteiger partial charge in [-0.15, -0.1) is 0 Å². The molecule has 2 rings (SSSR count). The molecular weight excluding hydrogens is 385 g/mol. The summed E-state index contributed by atoms with van der Waals surface area (Å²) in [5.41, 5.74) is 3.46. The Kier molecular flexibility index (Phi) is 7.45. The SMILES string of the molecule is Cc1cccc(C(C)C)c1NC(=O)COC(=O)/C=C/c1ccc(Cl)c(Cl)c1. The monoisotopic (exact) mass is 405 g/mol. The summed E-state index contributed by atoms with van der Waals surface area (Å²) >= 11 is 11.8. The Morgan fingerprint density at radius 2 is 1.89 bits per heavy atom. The summed E-state index contributed by atoms with van der Waals surface area (Å²) in [6, 6.07) is 10.8. The van der Waals surface area contributed by atoms with Gasteiger partial charge in [0, 0.05) is 11.8 Å². The van der Waals surface area contributed by atoms with Gasteiger partial charge in [0.25, 0.3) is 5.91 Å². The first-order valence-corrected chi connectivity index (χ1v) is 9.22. The Hall–Kier alpha value is -2.30. The number of benzene rings is 2. The molecule has 2 aromatic carbocycles. The van der Waals surface area contributed by atoms with Crippen molar-refractivity contribution < 1.29 is 14.3 Å². The van der Waals surface area contributed by atoms with Crippen molar-refractivity contribution in [2.45, 2.75) is 26.7 Å². The van der Waals surface area contributed by atoms with E-state index in [0.29, 0.717) is 15.6 Å². The predicted octanol–water partition coefficient (Wildman–Crippen LogP) is 5.62. The second kappa shape index (κ2) is 9.58. The Labute approximate surface area is 169 Å². The van der Waals surface area contributed by atoms with Crippen molar-refractivity contribution in [3.05, 3.63) is 69.2 Å². The summed E-state index contributed by atoms with van der Waals surface area (Å²) in [6.07, 6.45) is 2.78. The highest BCUT2D eigenvalue weighted by atomic mass is 35.5. The smallest absolute Gasteiger partial charge is 0.331 e. The van der Waals surface area contributed by atoms with Gasteiger partial charge in [0.15, 0.2) is 6.61 Å². The minimum Gasteiger partial charge on any atom is -0.452 e. The second-order valence-electron chi connectivity index (χ2n) is 6.36. The lowest BCUT2D eigenvalue weighted by Crippen LogP contribution is -2.21. The van der Waals surface area contributed by atoms with Gasteiger partial charge in [0.05, 0.1) is 10.0 Å². The topological polar surface area (TPSA) is 55.4 Å². The number of anilines is 1. The maximum absolute atomic E-state index is 12.2. The van der Waals surface area contributed by atoms with E-state index >= 15 is 0 Å². The molecule has 0 saturated carbocycles. The molecule has 1 amide bonds. The maximum atomic E-state index is 12.2. The van der Waals surface area contributed by atoms with Gasteiger partial charge < -0.3 is 10.1 Å². The van der Waals surface area contributed by atoms with Gasteiger partial charge in [-0.25, -0.2) is 4.79 Å². The third-order valence-corrected chi connectivity index (χ3v) is 4.63. The number of para-hydroxylation sites is 1. The van der Waals surface area contributed by atoms with Gasteiger partial charge in [0.1, 0.15) is 0 Å². The van der Waals surface area contributed by atoms with Crippen molar-refractivity contribution in [2.24, 2.45) is 0 Å². The number of carbonyl (C=O) groups is 2. The molecule has 0 aromatic heterocycles. The number of aryl methyl sites for hydroxylation is 1. The van der Waals surface area contributed by atoms with Crippen LogP contribution >= 0.6 is 23.2 Å². The first kappa shape index (κ1) is 21.0. The minimum atomic E-state index is -0.620. The van der Waals surface area contributed by atoms with E-state index in [1.165, 1.54) is 6.08 Å². The minimum absolute atomic E-state index is 0.261. The van der Waals surface area contributed by atoms with Crippen molar-refractivity contribution >= 4 is 46.8 Å². The van der Waals surface area contributed by atoms with Crippen LogP contribution in [0, 0.1) is 6.92 Å². The molecule has 6 heteroatoms. The van der Waals surface area contributed by atoms with Crippen LogP contribution < -0.4 is 5.32 Å². The summed E-state index contributed by atoms with van der Waals surface area (Å²) in [5, 5.41) is 3.66. The van der Waals surface area contributed by atoms with Gasteiger partial charge >= 0.3 is 5.97 Å². The third-order valence-electron chi connectivity index (χ3n) is 3.89. The van der Waals surface area contributed by atoms with Crippen LogP contribution in [0.4, 0.5) is 5.69 Å². The average molecular weight is 406 g/mol. The van der Waals surface area contributed by atoms with E-state index in [1.54, 1.807) is 24.3 Å². The molecular formula is C21H21Cl2NO3. The molecule has 0 saturated heterocycles. The number of halogens is 2. The largest absolute Gasteiger partial charge is 0.452 e. The lowest BCUT2D eigenvalue weighted by molar-refractivity contribution is -0.142. The van der Waals surface area contributed by atoms with E-state index in [4.69, 9.17) is 27.9 Å². The van der Waals surface area contributed by atoms with Crippen molar-refractivity contribution in [3.63, 3.8) is 0 Å². The molecule has 0 aliphatic heterocycles. The van der Waals surface area contributed by atoms with Crippen LogP contribution in [0.15, 0.2) is 42.5 Å². The normalized spacial score (nSPS) is 11.0. The zero-order valence-corrected chi connectivity index (χ0v) is 16.9. The van der Waals surface area contributed by atoms with E-state index in [1.807, 2.05) is 25.1 Å². The zero-order valence-electron chi connectivity index (χ0n) is 15.4. The lowest BCUT2D eigenvalue weighted by Gasteiger charge is -2.16. The molecule has 27 heavy (non-hydrogen) atoms. The number of ether oxygens (including phenoxy) is 1. The summed E-state index contributed by atoms with van der Waals surface area (Å²) in [6.45, 7) is 5.67. The van der Waals surface area contributed by atoms with Crippen LogP contribution in [0.1, 0.15) is 36.5 Å². The molecule has 0 bridgehead atoms. The number of nitrogens with one attached hydrogen (secondary N) is 1. The summed E-state index contributed by atoms with van der Waals surface area (Å²) < 4.78 is 5.00. The van der Waals surface area contributed by atoms with E-state index in [-0.39, 0.29) is 18.4 Å². The van der Waals surface area contributed by atoms with Crippen LogP contribution in [-0.2, 0) is 14.3 Å². The van der Waals surface area contributed by atoms with Crippen LogP contribution in [0.25, 0.3) is 6.08 Å². The Balaban J connectivity index is 1.93. The summed E-state index contributed by atoms with van der Waals surface area (Å²) in [5.74, 6) is -0.746. The molecule has 2 aromatic rings. The Morgan fingerprint density at radius 3 is 2.56 bits per heavy atom. The standard InChI is InChI=1S/C21H21Cl2NO3/c1-13(2)16-6-4-5-14(3)21(16)24-19(25)12-27-20(26)10-8-15-7-9-17(22)18(23)11-15/h4-11,13H,12H2,1-3H3,(H,24,25)/b10-8+. The molecule has 0 atom stereocenters. The highest BCUT2D eigenvalue weighted by Crippen LogP contribution is 2.27. The molecule has 0 heterocycles. The van der Waals surface area contributed by atoms with Crippen LogP contribution in [0.5, 0.6) is 0 Å². The van der Waals surface area contributed by atoms with Crippen molar-refractivity contribution in [1.29, 1.82) is 0 Å². The lowest BCUT2D eigenvalue weighted by atomic mass is 9.98. The van der Waals surface area contributed by atoms with E-state index in [0.717, 1.165) is 16.8 Å². The molecule has 0 unspecified atom stereocenters. The quantitative estimate of drug-likeness (QED) is 0.500. The van der Waals surface area contributed by atoms with Gasteiger partial charge in [-0.3, -0.25) is 4.79 Å². The molecule has 0 fully saturated rings. The van der Waals surface area contributed by atoms with E-state index < -0.39 is 5.97 Å². The van der Waals surface area contributed by atoms with Crippen LogP contribution in [-0.4, -0.2) is 18.5 Å². The van der Waals surface area contributed by atoms with Gasteiger partial charge in [0.2, 0.25) is 0 Å². The highest BCUT2D eigenvalue weighted by Gasteiger charge is 2.13. The second-order valence-corrected chi connectivity index (χ2v) is 7.17. The number of amides is 1. The highest BCUT2D eigenvalue weighted by molar-refractivity contribution is 6.42. The molecule has 0 radical (unpaired) electrons. The molecule has 0 spiro atoms. The fourth-order valence-electron chi connectivity index (χ4n) is 2.48. The maximum Gasteiger partial charge on any atom is 0.331 e. The fraction of sp³-hybridized carbons (Fsp3) is 0.238. The van der Waals surface area contributed by atoms with Crippen molar-refractivity contribution in [3.8, 4) is 0 Å². The molecule has 1 N–H and O–H groups in total. The average Bonchev–Trinajstić information content (AvgIpc) is 2.62. The van der Waals surface area contributed by atoms with Crippen LogP contribution in [0.3, 0.4) is 0 Å². The Bertz CT molecular complexity index is 876. The van der Waals surface area contributed by atoms with Gasteiger partial charge in [-0.05, 0) is 47.7 Å². The van der Waals surface area contributed by atoms with E-state index in [9.17, 15) is 9.59 Å². The first-order valence-electron chi connectivity index (χ1n) is 8.47. The summed E-state index contributed by atoms with van der Waals surface area (Å²) in [7, 11) is 0. The zero-order chi connectivity index (χ0) is 20.0. The third kappa shape index (κ3) is 6.12. The molecule has 4 nitrogen and oxygen atoms in total. The first-order chi connectivity index (χ1) is 12.8. The number of hydrogen-bond acceptors (Lipinski definition) is 3. The van der Waals surface area contributed by atoms with E-state index in [2.05, 4.69) is 19.2 Å². The van der Waals surface area contributed by atoms with Gasteiger partial charge in [-0.1, -0.05) is 61.3 Å². The van der Waals surface area contributed by atoms with Crippen molar-refractivity contribution in [1.82, 2.24) is 0 Å².